The topological polar surface area (TPSA) is 84.1 Å². The minimum atomic E-state index is -0.195. The van der Waals surface area contributed by atoms with E-state index in [2.05, 4.69) is 16.1 Å². The summed E-state index contributed by atoms with van der Waals surface area (Å²) in [7, 11) is 0. The van der Waals surface area contributed by atoms with Gasteiger partial charge < -0.3 is 19.7 Å². The molecule has 4 saturated heterocycles. The van der Waals surface area contributed by atoms with Crippen molar-refractivity contribution in [3.63, 3.8) is 0 Å². The molecule has 29 heavy (non-hydrogen) atoms. The van der Waals surface area contributed by atoms with Gasteiger partial charge in [-0.05, 0) is 76.2 Å². The van der Waals surface area contributed by atoms with E-state index < -0.39 is 0 Å². The van der Waals surface area contributed by atoms with Crippen LogP contribution in [0, 0.1) is 17.8 Å². The molecule has 1 aliphatic carbocycles. The molecule has 5 unspecified atom stereocenters. The zero-order valence-electron chi connectivity index (χ0n) is 17.5. The Kier molecular flexibility index (Phi) is 5.73. The molecule has 4 aliphatic heterocycles. The van der Waals surface area contributed by atoms with Crippen molar-refractivity contribution in [3.8, 4) is 0 Å². The van der Waals surface area contributed by atoms with E-state index in [0.717, 1.165) is 70.9 Å². The van der Waals surface area contributed by atoms with Crippen molar-refractivity contribution >= 4 is 6.09 Å². The van der Waals surface area contributed by atoms with Crippen molar-refractivity contribution in [2.45, 2.75) is 75.9 Å². The highest BCUT2D eigenvalue weighted by atomic mass is 16.7. The third kappa shape index (κ3) is 4.56. The van der Waals surface area contributed by atoms with E-state index in [9.17, 15) is 4.79 Å². The largest absolute Gasteiger partial charge is 0.443 e. The number of amides is 1. The number of hydrogen-bond acceptors (Lipinski definition) is 7. The monoisotopic (exact) mass is 408 g/mol. The number of nitrogens with zero attached hydrogens (tertiary/aromatic N) is 1. The quantitative estimate of drug-likeness (QED) is 0.651. The maximum absolute atomic E-state index is 12.3. The van der Waals surface area contributed by atoms with Gasteiger partial charge in [-0.1, -0.05) is 0 Å². The van der Waals surface area contributed by atoms with Crippen molar-refractivity contribution < 1.29 is 19.1 Å². The van der Waals surface area contributed by atoms with Crippen molar-refractivity contribution in [1.29, 1.82) is 0 Å². The van der Waals surface area contributed by atoms with E-state index in [1.54, 1.807) is 0 Å². The summed E-state index contributed by atoms with van der Waals surface area (Å²) in [6, 6.07) is 0.334. The van der Waals surface area contributed by atoms with E-state index >= 15 is 0 Å². The SMILES string of the molecule is CC1(OC(=O)N2CCC(C3NOC(C4CC(C5CCOC5)CCN4)N3)CC2)CC1. The number of carbonyl (C=O) groups is 1. The summed E-state index contributed by atoms with van der Waals surface area (Å²) in [4.78, 5) is 20.1. The number of carbonyl (C=O) groups excluding carboxylic acids is 1. The predicted octanol–water partition coefficient (Wildman–Crippen LogP) is 1.57. The Labute approximate surface area is 173 Å². The minimum absolute atomic E-state index is 0.00272. The zero-order valence-corrected chi connectivity index (χ0v) is 17.5. The van der Waals surface area contributed by atoms with Gasteiger partial charge in [-0.25, -0.2) is 4.79 Å². The van der Waals surface area contributed by atoms with Crippen LogP contribution in [-0.2, 0) is 14.3 Å². The van der Waals surface area contributed by atoms with Crippen LogP contribution in [0.2, 0.25) is 0 Å². The molecule has 1 amide bonds. The molecule has 164 valence electrons. The first kappa shape index (κ1) is 20.0. The van der Waals surface area contributed by atoms with Gasteiger partial charge in [-0.3, -0.25) is 10.2 Å². The molecule has 5 aliphatic rings. The summed E-state index contributed by atoms with van der Waals surface area (Å²) in [5, 5.41) is 7.32. The van der Waals surface area contributed by atoms with Gasteiger partial charge in [0.2, 0.25) is 0 Å². The average molecular weight is 409 g/mol. The molecule has 5 atom stereocenters. The maximum Gasteiger partial charge on any atom is 0.410 e. The second-order valence-electron chi connectivity index (χ2n) is 9.91. The van der Waals surface area contributed by atoms with Gasteiger partial charge in [0, 0.05) is 32.3 Å². The minimum Gasteiger partial charge on any atom is -0.443 e. The van der Waals surface area contributed by atoms with Crippen LogP contribution in [0.1, 0.15) is 51.9 Å². The standard InChI is InChI=1S/C21H36N4O4/c1-21(6-7-21)28-20(26)25-9-3-14(4-10-25)18-23-19(29-24-18)17-12-15(2-8-22-17)16-5-11-27-13-16/h14-19,22-24H,2-13H2,1H3. The van der Waals surface area contributed by atoms with Gasteiger partial charge in [0.25, 0.3) is 0 Å². The molecule has 1 saturated carbocycles. The molecule has 3 N–H and O–H groups in total. The molecule has 0 spiro atoms. The highest BCUT2D eigenvalue weighted by Crippen LogP contribution is 2.39. The Morgan fingerprint density at radius 2 is 1.93 bits per heavy atom. The van der Waals surface area contributed by atoms with E-state index in [4.69, 9.17) is 14.3 Å². The molecular formula is C21H36N4O4. The molecule has 5 fully saturated rings. The van der Waals surface area contributed by atoms with Crippen LogP contribution in [0.4, 0.5) is 4.79 Å². The van der Waals surface area contributed by atoms with E-state index in [1.807, 2.05) is 11.8 Å². The summed E-state index contributed by atoms with van der Waals surface area (Å²) >= 11 is 0. The fraction of sp³-hybridized carbons (Fsp3) is 0.952. The molecule has 0 aromatic heterocycles. The summed E-state index contributed by atoms with van der Waals surface area (Å²) < 4.78 is 11.2. The Hall–Kier alpha value is -0.930. The van der Waals surface area contributed by atoms with Crippen LogP contribution in [0.5, 0.6) is 0 Å². The number of hydrogen-bond donors (Lipinski definition) is 3. The fourth-order valence-corrected chi connectivity index (χ4v) is 5.36. The number of hydroxylamine groups is 1. The van der Waals surface area contributed by atoms with Crippen LogP contribution in [0.15, 0.2) is 0 Å². The third-order valence-electron chi connectivity index (χ3n) is 7.70. The predicted molar refractivity (Wildman–Crippen MR) is 107 cm³/mol. The summed E-state index contributed by atoms with van der Waals surface area (Å²) in [6.45, 7) is 6.44. The second-order valence-corrected chi connectivity index (χ2v) is 9.91. The van der Waals surface area contributed by atoms with Gasteiger partial charge in [-0.15, -0.1) is 0 Å². The molecule has 8 heteroatoms. The van der Waals surface area contributed by atoms with Crippen molar-refractivity contribution in [2.75, 3.05) is 32.8 Å². The first-order valence-corrected chi connectivity index (χ1v) is 11.6. The first-order valence-electron chi connectivity index (χ1n) is 11.6. The van der Waals surface area contributed by atoms with Gasteiger partial charge in [-0.2, -0.15) is 5.48 Å². The number of rotatable bonds is 4. The highest BCUT2D eigenvalue weighted by Gasteiger charge is 2.44. The first-order chi connectivity index (χ1) is 14.1. The Morgan fingerprint density at radius 3 is 2.66 bits per heavy atom. The fourth-order valence-electron chi connectivity index (χ4n) is 5.36. The molecule has 0 radical (unpaired) electrons. The second kappa shape index (κ2) is 8.30. The number of piperidine rings is 2. The maximum atomic E-state index is 12.3. The number of ether oxygens (including phenoxy) is 2. The lowest BCUT2D eigenvalue weighted by molar-refractivity contribution is -0.0162. The van der Waals surface area contributed by atoms with Crippen molar-refractivity contribution in [1.82, 2.24) is 21.0 Å². The lowest BCUT2D eigenvalue weighted by Gasteiger charge is -2.36. The van der Waals surface area contributed by atoms with Gasteiger partial charge >= 0.3 is 6.09 Å². The average Bonchev–Trinajstić information content (AvgIpc) is 3.18. The Balaban J connectivity index is 1.08. The lowest BCUT2D eigenvalue weighted by atomic mass is 9.81. The summed E-state index contributed by atoms with van der Waals surface area (Å²) in [5.74, 6) is 1.91. The van der Waals surface area contributed by atoms with E-state index in [-0.39, 0.29) is 24.1 Å². The Morgan fingerprint density at radius 1 is 1.10 bits per heavy atom. The number of nitrogens with one attached hydrogen (secondary N) is 3. The van der Waals surface area contributed by atoms with Crippen molar-refractivity contribution in [3.05, 3.63) is 0 Å². The number of likely N-dealkylation sites (tertiary alicyclic amines) is 1. The van der Waals surface area contributed by atoms with Crippen LogP contribution in [0.3, 0.4) is 0 Å². The van der Waals surface area contributed by atoms with Crippen LogP contribution in [0.25, 0.3) is 0 Å². The molecule has 5 rings (SSSR count). The van der Waals surface area contributed by atoms with Gasteiger partial charge in [0.15, 0.2) is 0 Å². The van der Waals surface area contributed by atoms with Crippen LogP contribution >= 0.6 is 0 Å². The van der Waals surface area contributed by atoms with Crippen molar-refractivity contribution in [2.24, 2.45) is 17.8 Å². The summed E-state index contributed by atoms with van der Waals surface area (Å²) in [5.41, 5.74) is 3.04. The van der Waals surface area contributed by atoms with Gasteiger partial charge in [0.1, 0.15) is 11.8 Å². The molecule has 8 nitrogen and oxygen atoms in total. The van der Waals surface area contributed by atoms with E-state index in [0.29, 0.717) is 17.9 Å². The smallest absolute Gasteiger partial charge is 0.410 e. The molecule has 0 bridgehead atoms. The van der Waals surface area contributed by atoms with Crippen LogP contribution < -0.4 is 16.1 Å². The normalized spacial score (nSPS) is 40.2. The lowest BCUT2D eigenvalue weighted by Crippen LogP contribution is -2.53. The third-order valence-corrected chi connectivity index (χ3v) is 7.70. The highest BCUT2D eigenvalue weighted by molar-refractivity contribution is 5.68. The van der Waals surface area contributed by atoms with E-state index in [1.165, 1.54) is 12.8 Å². The summed E-state index contributed by atoms with van der Waals surface area (Å²) in [6.07, 6.45) is 7.51. The zero-order chi connectivity index (χ0) is 19.8. The molecule has 4 heterocycles. The van der Waals surface area contributed by atoms with Crippen LogP contribution in [-0.4, -0.2) is 67.9 Å². The molecule has 0 aromatic rings. The Bertz CT molecular complexity index is 587. The molecule has 0 aromatic carbocycles. The molecular weight excluding hydrogens is 372 g/mol. The van der Waals surface area contributed by atoms with Gasteiger partial charge in [0.05, 0.1) is 6.17 Å².